The summed E-state index contributed by atoms with van der Waals surface area (Å²) in [4.78, 5) is 54.2. The van der Waals surface area contributed by atoms with Crippen molar-refractivity contribution in [1.29, 1.82) is 0 Å². The second kappa shape index (κ2) is 13.5. The Balaban J connectivity index is 2.00. The first-order valence-electron chi connectivity index (χ1n) is 13.8. The molecule has 9 nitrogen and oxygen atoms in total. The van der Waals surface area contributed by atoms with Crippen molar-refractivity contribution >= 4 is 23.8 Å². The Bertz CT molecular complexity index is 1180. The van der Waals surface area contributed by atoms with E-state index in [2.05, 4.69) is 10.6 Å². The molecule has 2 aromatic carbocycles. The summed E-state index contributed by atoms with van der Waals surface area (Å²) < 4.78 is 5.40. The topological polar surface area (TPSA) is 131 Å². The molecule has 0 aliphatic heterocycles. The van der Waals surface area contributed by atoms with Gasteiger partial charge in [0.25, 0.3) is 0 Å². The first-order chi connectivity index (χ1) is 18.8. The van der Waals surface area contributed by atoms with Crippen LogP contribution in [0.4, 0.5) is 4.79 Å². The minimum atomic E-state index is -1.10. The highest BCUT2D eigenvalue weighted by atomic mass is 16.6. The second-order valence-electron chi connectivity index (χ2n) is 11.6. The monoisotopic (exact) mass is 550 g/mol. The Labute approximate surface area is 236 Å². The van der Waals surface area contributed by atoms with Crippen molar-refractivity contribution in [2.45, 2.75) is 97.0 Å². The van der Waals surface area contributed by atoms with Crippen LogP contribution >= 0.6 is 0 Å². The third-order valence-corrected chi connectivity index (χ3v) is 6.79. The first kappa shape index (κ1) is 30.7. The lowest BCUT2D eigenvalue weighted by atomic mass is 9.87. The molecular weight excluding hydrogens is 508 g/mol. The molecule has 4 amide bonds. The molecule has 2 atom stereocenters. The van der Waals surface area contributed by atoms with Crippen molar-refractivity contribution in [2.75, 3.05) is 0 Å². The smallest absolute Gasteiger partial charge is 0.408 e. The first-order valence-corrected chi connectivity index (χ1v) is 13.8. The van der Waals surface area contributed by atoms with Gasteiger partial charge in [-0.3, -0.25) is 14.4 Å². The number of hydrogen-bond donors (Lipinski definition) is 3. The van der Waals surface area contributed by atoms with Gasteiger partial charge in [0.05, 0.1) is 0 Å². The number of nitrogens with one attached hydrogen (secondary N) is 2. The van der Waals surface area contributed by atoms with Gasteiger partial charge in [-0.05, 0) is 71.4 Å². The fraction of sp³-hybridized carbons (Fsp3) is 0.484. The van der Waals surface area contributed by atoms with Crippen LogP contribution < -0.4 is 16.4 Å². The average Bonchev–Trinajstić information content (AvgIpc) is 2.82. The van der Waals surface area contributed by atoms with E-state index in [-0.39, 0.29) is 24.8 Å². The molecule has 216 valence electrons. The van der Waals surface area contributed by atoms with E-state index in [1.54, 1.807) is 25.7 Å². The predicted octanol–water partition coefficient (Wildman–Crippen LogP) is 4.20. The zero-order valence-corrected chi connectivity index (χ0v) is 24.2. The molecule has 0 aromatic heterocycles. The maximum Gasteiger partial charge on any atom is 0.408 e. The quantitative estimate of drug-likeness (QED) is 0.386. The minimum Gasteiger partial charge on any atom is -0.444 e. The summed E-state index contributed by atoms with van der Waals surface area (Å²) in [7, 11) is 0. The van der Waals surface area contributed by atoms with Crippen LogP contribution in [0.5, 0.6) is 0 Å². The van der Waals surface area contributed by atoms with E-state index >= 15 is 0 Å². The van der Waals surface area contributed by atoms with Gasteiger partial charge in [-0.15, -0.1) is 0 Å². The van der Waals surface area contributed by atoms with E-state index in [1.807, 2.05) is 62.4 Å². The van der Waals surface area contributed by atoms with E-state index in [0.29, 0.717) is 12.1 Å². The van der Waals surface area contributed by atoms with Gasteiger partial charge in [-0.25, -0.2) is 4.79 Å². The summed E-state index contributed by atoms with van der Waals surface area (Å²) in [5.74, 6) is -1.36. The standard InChI is InChI=1S/C31H42N4O5/c1-20-16-21(2)18-23(17-20)27(28(37)33-19-22-10-7-6-8-11-22)35(24-12-9-13-24)29(38)25(14-15-26(32)36)34-30(39)40-31(3,4)5/h6-8,10-11,16-18,24-25,27H,9,12-15,19H2,1-5H3,(H2,32,36)(H,33,37)(H,34,39). The minimum absolute atomic E-state index is 0.0121. The van der Waals surface area contributed by atoms with E-state index in [0.717, 1.165) is 36.0 Å². The number of ether oxygens (including phenoxy) is 1. The highest BCUT2D eigenvalue weighted by molar-refractivity contribution is 5.93. The Hall–Kier alpha value is -3.88. The summed E-state index contributed by atoms with van der Waals surface area (Å²) in [5.41, 5.74) is 8.17. The van der Waals surface area contributed by atoms with Crippen LogP contribution in [0.2, 0.25) is 0 Å². The van der Waals surface area contributed by atoms with Crippen LogP contribution in [0, 0.1) is 13.8 Å². The lowest BCUT2D eigenvalue weighted by molar-refractivity contribution is -0.147. The third kappa shape index (κ3) is 8.83. The molecule has 1 aliphatic rings. The average molecular weight is 551 g/mol. The van der Waals surface area contributed by atoms with Crippen LogP contribution in [-0.4, -0.2) is 46.4 Å². The number of benzene rings is 2. The molecule has 9 heteroatoms. The fourth-order valence-electron chi connectivity index (χ4n) is 4.84. The Kier molecular flexibility index (Phi) is 10.3. The number of carbonyl (C=O) groups excluding carboxylic acids is 4. The molecule has 0 bridgehead atoms. The van der Waals surface area contributed by atoms with Crippen LogP contribution in [0.1, 0.15) is 81.2 Å². The van der Waals surface area contributed by atoms with E-state index in [9.17, 15) is 19.2 Å². The van der Waals surface area contributed by atoms with Crippen molar-refractivity contribution < 1.29 is 23.9 Å². The zero-order chi connectivity index (χ0) is 29.4. The Morgan fingerprint density at radius 2 is 1.65 bits per heavy atom. The highest BCUT2D eigenvalue weighted by Crippen LogP contribution is 2.34. The van der Waals surface area contributed by atoms with Crippen molar-refractivity contribution in [3.63, 3.8) is 0 Å². The number of primary amides is 1. The molecule has 3 rings (SSSR count). The van der Waals surface area contributed by atoms with Gasteiger partial charge < -0.3 is 26.0 Å². The van der Waals surface area contributed by atoms with E-state index < -0.39 is 35.6 Å². The van der Waals surface area contributed by atoms with Crippen molar-refractivity contribution in [2.24, 2.45) is 5.73 Å². The number of rotatable bonds is 11. The lowest BCUT2D eigenvalue weighted by Crippen LogP contribution is -2.57. The lowest BCUT2D eigenvalue weighted by Gasteiger charge is -2.43. The van der Waals surface area contributed by atoms with Crippen molar-refractivity contribution in [1.82, 2.24) is 15.5 Å². The number of hydrogen-bond acceptors (Lipinski definition) is 5. The van der Waals surface area contributed by atoms with E-state index in [1.165, 1.54) is 0 Å². The van der Waals surface area contributed by atoms with Gasteiger partial charge in [0.2, 0.25) is 17.7 Å². The summed E-state index contributed by atoms with van der Waals surface area (Å²) >= 11 is 0. The highest BCUT2D eigenvalue weighted by Gasteiger charge is 2.42. The van der Waals surface area contributed by atoms with Crippen LogP contribution in [0.3, 0.4) is 0 Å². The predicted molar refractivity (Wildman–Crippen MR) is 153 cm³/mol. The number of nitrogens with two attached hydrogens (primary N) is 1. The fourth-order valence-corrected chi connectivity index (χ4v) is 4.84. The van der Waals surface area contributed by atoms with Gasteiger partial charge in [0, 0.05) is 19.0 Å². The summed E-state index contributed by atoms with van der Waals surface area (Å²) in [6.07, 6.45) is 1.48. The molecule has 1 saturated carbocycles. The molecule has 1 aliphatic carbocycles. The number of alkyl carbamates (subject to hydrolysis) is 1. The largest absolute Gasteiger partial charge is 0.444 e. The maximum atomic E-state index is 14.3. The number of nitrogens with zero attached hydrogens (tertiary/aromatic N) is 1. The van der Waals surface area contributed by atoms with Gasteiger partial charge in [0.1, 0.15) is 17.7 Å². The molecule has 0 saturated heterocycles. The summed E-state index contributed by atoms with van der Waals surface area (Å²) in [5, 5.41) is 5.66. The molecule has 0 heterocycles. The summed E-state index contributed by atoms with van der Waals surface area (Å²) in [6, 6.07) is 13.2. The number of aryl methyl sites for hydroxylation is 2. The Morgan fingerprint density at radius 3 is 2.17 bits per heavy atom. The van der Waals surface area contributed by atoms with Gasteiger partial charge in [0.15, 0.2) is 0 Å². The van der Waals surface area contributed by atoms with E-state index in [4.69, 9.17) is 10.5 Å². The molecule has 1 fully saturated rings. The van der Waals surface area contributed by atoms with Crippen LogP contribution in [0.15, 0.2) is 48.5 Å². The summed E-state index contributed by atoms with van der Waals surface area (Å²) in [6.45, 7) is 9.37. The van der Waals surface area contributed by atoms with Crippen LogP contribution in [0.25, 0.3) is 0 Å². The normalized spacial score (nSPS) is 14.8. The van der Waals surface area contributed by atoms with Gasteiger partial charge in [-0.1, -0.05) is 59.7 Å². The Morgan fingerprint density at radius 1 is 1.02 bits per heavy atom. The maximum absolute atomic E-state index is 14.3. The van der Waals surface area contributed by atoms with Gasteiger partial charge >= 0.3 is 6.09 Å². The molecule has 2 aromatic rings. The van der Waals surface area contributed by atoms with Crippen LogP contribution in [-0.2, 0) is 25.7 Å². The SMILES string of the molecule is Cc1cc(C)cc(C(C(=O)NCc2ccccc2)N(C(=O)C(CCC(N)=O)NC(=O)OC(C)(C)C)C2CCC2)c1. The van der Waals surface area contributed by atoms with Crippen molar-refractivity contribution in [3.8, 4) is 0 Å². The molecule has 0 spiro atoms. The molecule has 40 heavy (non-hydrogen) atoms. The number of carbonyl (C=O) groups is 4. The molecule has 4 N–H and O–H groups in total. The number of amides is 4. The zero-order valence-electron chi connectivity index (χ0n) is 24.2. The molecule has 2 unspecified atom stereocenters. The van der Waals surface area contributed by atoms with Gasteiger partial charge in [-0.2, -0.15) is 0 Å². The molecular formula is C31H42N4O5. The molecule has 0 radical (unpaired) electrons. The van der Waals surface area contributed by atoms with Crippen molar-refractivity contribution in [3.05, 3.63) is 70.8 Å². The third-order valence-electron chi connectivity index (χ3n) is 6.79. The second-order valence-corrected chi connectivity index (χ2v) is 11.6.